The number of benzene rings is 2. The fourth-order valence-electron chi connectivity index (χ4n) is 3.27. The summed E-state index contributed by atoms with van der Waals surface area (Å²) in [4.78, 5) is 21.4. The molecule has 7 heteroatoms. The topological polar surface area (TPSA) is 54.9 Å². The molecule has 0 bridgehead atoms. The molecule has 0 atom stereocenters. The standard InChI is InChI=1S/C21H23N3O3S/c1-15-4-3-5-18-20(15)22-21(28-18)24-12-10-23(11-13-24)19(25)14-27-17-8-6-16(26-2)7-9-17/h3-9H,10-14H2,1-2H3. The molecule has 0 saturated carbocycles. The van der Waals surface area contributed by atoms with Crippen LogP contribution in [0, 0.1) is 6.92 Å². The summed E-state index contributed by atoms with van der Waals surface area (Å²) in [5.74, 6) is 1.44. The number of ether oxygens (including phenoxy) is 2. The first kappa shape index (κ1) is 18.6. The summed E-state index contributed by atoms with van der Waals surface area (Å²) in [6.45, 7) is 5.07. The number of aromatic nitrogens is 1. The van der Waals surface area contributed by atoms with E-state index >= 15 is 0 Å². The highest BCUT2D eigenvalue weighted by Crippen LogP contribution is 2.31. The SMILES string of the molecule is COc1ccc(OCC(=O)N2CCN(c3nc4c(C)cccc4s3)CC2)cc1. The van der Waals surface area contributed by atoms with Gasteiger partial charge in [-0.25, -0.2) is 4.98 Å². The van der Waals surface area contributed by atoms with Crippen molar-refractivity contribution in [1.82, 2.24) is 9.88 Å². The van der Waals surface area contributed by atoms with E-state index in [9.17, 15) is 4.79 Å². The van der Waals surface area contributed by atoms with Crippen LogP contribution in [0.2, 0.25) is 0 Å². The molecule has 3 aromatic rings. The Kier molecular flexibility index (Phi) is 5.34. The van der Waals surface area contributed by atoms with Gasteiger partial charge in [0.15, 0.2) is 11.7 Å². The van der Waals surface area contributed by atoms with E-state index in [1.165, 1.54) is 10.3 Å². The number of hydrogen-bond acceptors (Lipinski definition) is 6. The zero-order valence-electron chi connectivity index (χ0n) is 16.1. The predicted octanol–water partition coefficient (Wildman–Crippen LogP) is 3.34. The third-order valence-electron chi connectivity index (χ3n) is 4.93. The number of para-hydroxylation sites is 1. The normalized spacial score (nSPS) is 14.4. The molecule has 2 aromatic carbocycles. The van der Waals surface area contributed by atoms with Crippen molar-refractivity contribution in [2.75, 3.05) is 44.8 Å². The molecular formula is C21H23N3O3S. The van der Waals surface area contributed by atoms with Gasteiger partial charge in [-0.2, -0.15) is 0 Å². The second kappa shape index (κ2) is 8.06. The number of nitrogens with zero attached hydrogens (tertiary/aromatic N) is 3. The summed E-state index contributed by atoms with van der Waals surface area (Å²) < 4.78 is 11.9. The van der Waals surface area contributed by atoms with E-state index < -0.39 is 0 Å². The maximum absolute atomic E-state index is 12.5. The number of carbonyl (C=O) groups is 1. The summed E-state index contributed by atoms with van der Waals surface area (Å²) in [5, 5.41) is 1.03. The average Bonchev–Trinajstić information content (AvgIpc) is 3.18. The van der Waals surface area contributed by atoms with Crippen LogP contribution in [0.3, 0.4) is 0 Å². The molecular weight excluding hydrogens is 374 g/mol. The number of methoxy groups -OCH3 is 1. The van der Waals surface area contributed by atoms with Crippen molar-refractivity contribution in [3.8, 4) is 11.5 Å². The highest BCUT2D eigenvalue weighted by molar-refractivity contribution is 7.22. The number of rotatable bonds is 5. The number of carbonyl (C=O) groups excluding carboxylic acids is 1. The van der Waals surface area contributed by atoms with Gasteiger partial charge >= 0.3 is 0 Å². The van der Waals surface area contributed by atoms with Gasteiger partial charge in [-0.3, -0.25) is 4.79 Å². The van der Waals surface area contributed by atoms with Crippen LogP contribution in [0.1, 0.15) is 5.56 Å². The minimum Gasteiger partial charge on any atom is -0.497 e. The van der Waals surface area contributed by atoms with Gasteiger partial charge in [-0.1, -0.05) is 23.5 Å². The van der Waals surface area contributed by atoms with Gasteiger partial charge in [0.2, 0.25) is 0 Å². The van der Waals surface area contributed by atoms with Crippen LogP contribution in [0.25, 0.3) is 10.2 Å². The van der Waals surface area contributed by atoms with Gasteiger partial charge in [0.25, 0.3) is 5.91 Å². The van der Waals surface area contributed by atoms with Crippen molar-refractivity contribution in [2.45, 2.75) is 6.92 Å². The fraction of sp³-hybridized carbons (Fsp3) is 0.333. The van der Waals surface area contributed by atoms with Crippen LogP contribution in [0.4, 0.5) is 5.13 Å². The molecule has 2 heterocycles. The van der Waals surface area contributed by atoms with Crippen LogP contribution in [0.5, 0.6) is 11.5 Å². The highest BCUT2D eigenvalue weighted by atomic mass is 32.1. The maximum Gasteiger partial charge on any atom is 0.260 e. The lowest BCUT2D eigenvalue weighted by Crippen LogP contribution is -2.50. The summed E-state index contributed by atoms with van der Waals surface area (Å²) in [6, 6.07) is 13.5. The van der Waals surface area contributed by atoms with E-state index in [2.05, 4.69) is 30.0 Å². The molecule has 1 fully saturated rings. The average molecular weight is 398 g/mol. The second-order valence-corrected chi connectivity index (χ2v) is 7.76. The van der Waals surface area contributed by atoms with E-state index in [0.717, 1.165) is 29.5 Å². The van der Waals surface area contributed by atoms with Gasteiger partial charge in [0.1, 0.15) is 11.5 Å². The Hall–Kier alpha value is -2.80. The van der Waals surface area contributed by atoms with Gasteiger partial charge < -0.3 is 19.3 Å². The van der Waals surface area contributed by atoms with Crippen molar-refractivity contribution in [1.29, 1.82) is 0 Å². The zero-order valence-corrected chi connectivity index (χ0v) is 16.9. The zero-order chi connectivity index (χ0) is 19.5. The van der Waals surface area contributed by atoms with Crippen molar-refractivity contribution < 1.29 is 14.3 Å². The molecule has 0 N–H and O–H groups in total. The molecule has 1 aliphatic rings. The number of fused-ring (bicyclic) bond motifs is 1. The monoisotopic (exact) mass is 397 g/mol. The van der Waals surface area contributed by atoms with Crippen molar-refractivity contribution >= 4 is 32.6 Å². The molecule has 1 amide bonds. The third-order valence-corrected chi connectivity index (χ3v) is 6.02. The molecule has 0 unspecified atom stereocenters. The summed E-state index contributed by atoms with van der Waals surface area (Å²) in [5.41, 5.74) is 2.28. The van der Waals surface area contributed by atoms with Crippen molar-refractivity contribution in [2.24, 2.45) is 0 Å². The molecule has 1 aromatic heterocycles. The molecule has 1 aliphatic heterocycles. The molecule has 0 radical (unpaired) electrons. The lowest BCUT2D eigenvalue weighted by molar-refractivity contribution is -0.133. The lowest BCUT2D eigenvalue weighted by atomic mass is 10.2. The summed E-state index contributed by atoms with van der Waals surface area (Å²) >= 11 is 1.71. The molecule has 0 spiro atoms. The number of amides is 1. The smallest absolute Gasteiger partial charge is 0.260 e. The number of anilines is 1. The van der Waals surface area contributed by atoms with Gasteiger partial charge in [0, 0.05) is 26.2 Å². The van der Waals surface area contributed by atoms with Gasteiger partial charge in [-0.05, 0) is 42.8 Å². The Labute approximate surface area is 168 Å². The second-order valence-electron chi connectivity index (χ2n) is 6.75. The van der Waals surface area contributed by atoms with E-state index in [-0.39, 0.29) is 12.5 Å². The van der Waals surface area contributed by atoms with E-state index in [1.807, 2.05) is 17.0 Å². The molecule has 4 rings (SSSR count). The molecule has 146 valence electrons. The Balaban J connectivity index is 1.31. The number of aryl methyl sites for hydroxylation is 1. The minimum absolute atomic E-state index is 0.00983. The maximum atomic E-state index is 12.5. The molecule has 0 aliphatic carbocycles. The first-order chi connectivity index (χ1) is 13.6. The van der Waals surface area contributed by atoms with Crippen molar-refractivity contribution in [3.63, 3.8) is 0 Å². The number of hydrogen-bond donors (Lipinski definition) is 0. The molecule has 28 heavy (non-hydrogen) atoms. The van der Waals surface area contributed by atoms with Crippen molar-refractivity contribution in [3.05, 3.63) is 48.0 Å². The Bertz CT molecular complexity index is 963. The van der Waals surface area contributed by atoms with Gasteiger partial charge in [0.05, 0.1) is 17.3 Å². The predicted molar refractivity (Wildman–Crippen MR) is 112 cm³/mol. The first-order valence-corrected chi connectivity index (χ1v) is 10.1. The fourth-order valence-corrected chi connectivity index (χ4v) is 4.36. The van der Waals surface area contributed by atoms with Gasteiger partial charge in [-0.15, -0.1) is 0 Å². The van der Waals surface area contributed by atoms with Crippen LogP contribution in [-0.4, -0.2) is 55.7 Å². The van der Waals surface area contributed by atoms with Crippen LogP contribution in [-0.2, 0) is 4.79 Å². The molecule has 1 saturated heterocycles. The molecule has 6 nitrogen and oxygen atoms in total. The first-order valence-electron chi connectivity index (χ1n) is 9.30. The number of thiazole rings is 1. The largest absolute Gasteiger partial charge is 0.497 e. The highest BCUT2D eigenvalue weighted by Gasteiger charge is 2.23. The quantitative estimate of drug-likeness (QED) is 0.661. The Morgan fingerprint density at radius 3 is 2.46 bits per heavy atom. The summed E-state index contributed by atoms with van der Waals surface area (Å²) in [6.07, 6.45) is 0. The third kappa shape index (κ3) is 3.89. The Morgan fingerprint density at radius 1 is 1.07 bits per heavy atom. The minimum atomic E-state index is 0.00983. The lowest BCUT2D eigenvalue weighted by Gasteiger charge is -2.34. The summed E-state index contributed by atoms with van der Waals surface area (Å²) in [7, 11) is 1.62. The van der Waals surface area contributed by atoms with Crippen LogP contribution in [0.15, 0.2) is 42.5 Å². The number of piperazine rings is 1. The Morgan fingerprint density at radius 2 is 1.79 bits per heavy atom. The van der Waals surface area contributed by atoms with E-state index in [4.69, 9.17) is 14.5 Å². The van der Waals surface area contributed by atoms with Crippen LogP contribution < -0.4 is 14.4 Å². The van der Waals surface area contributed by atoms with E-state index in [1.54, 1.807) is 30.6 Å². The van der Waals surface area contributed by atoms with E-state index in [0.29, 0.717) is 18.8 Å². The van der Waals surface area contributed by atoms with Crippen LogP contribution >= 0.6 is 11.3 Å².